The molecule has 2 aromatic heterocycles. The SMILES string of the molecule is O=Cc1cnc(-c2cc3cc(OCCOc4cc(F)ccc4N(CCO)CC(=O)O)c(N(CCO)CC(=O)O)cc3o2)o1. The number of aromatic nitrogens is 1. The summed E-state index contributed by atoms with van der Waals surface area (Å²) in [5.74, 6) is -2.43. The van der Waals surface area contributed by atoms with Crippen LogP contribution < -0.4 is 19.3 Å². The van der Waals surface area contributed by atoms with Crippen molar-refractivity contribution < 1.29 is 57.5 Å². The molecule has 0 bridgehead atoms. The Labute approximate surface area is 243 Å². The topological polar surface area (TPSA) is 196 Å². The Bertz CT molecular complexity index is 1590. The number of nitrogens with zero attached hydrogens (tertiary/aromatic N) is 3. The first-order chi connectivity index (χ1) is 20.7. The number of oxazole rings is 1. The number of carboxylic acid groups (broad SMARTS) is 2. The molecule has 0 unspecified atom stereocenters. The highest BCUT2D eigenvalue weighted by Gasteiger charge is 2.21. The molecule has 0 aliphatic rings. The van der Waals surface area contributed by atoms with Crippen molar-refractivity contribution in [1.29, 1.82) is 0 Å². The summed E-state index contributed by atoms with van der Waals surface area (Å²) >= 11 is 0. The van der Waals surface area contributed by atoms with E-state index in [1.807, 2.05) is 0 Å². The molecule has 0 aliphatic heterocycles. The number of rotatable bonds is 17. The molecular weight excluding hydrogens is 573 g/mol. The van der Waals surface area contributed by atoms with Gasteiger partial charge >= 0.3 is 11.9 Å². The van der Waals surface area contributed by atoms with Crippen LogP contribution in [0.5, 0.6) is 11.5 Å². The number of aliphatic hydroxyl groups is 2. The van der Waals surface area contributed by atoms with Crippen LogP contribution in [0.3, 0.4) is 0 Å². The number of anilines is 2. The number of furan rings is 1. The number of carbonyl (C=O) groups excluding carboxylic acids is 1. The lowest BCUT2D eigenvalue weighted by Gasteiger charge is -2.25. The molecule has 0 fully saturated rings. The minimum absolute atomic E-state index is 0.000330. The number of fused-ring (bicyclic) bond motifs is 1. The van der Waals surface area contributed by atoms with E-state index in [1.54, 1.807) is 12.1 Å². The van der Waals surface area contributed by atoms with E-state index in [9.17, 15) is 39.2 Å². The monoisotopic (exact) mass is 601 g/mol. The van der Waals surface area contributed by atoms with Crippen LogP contribution in [-0.4, -0.2) is 96.2 Å². The van der Waals surface area contributed by atoms with Crippen LogP contribution in [0.15, 0.2) is 51.4 Å². The number of aliphatic carboxylic acids is 2. The molecule has 0 saturated heterocycles. The van der Waals surface area contributed by atoms with Crippen LogP contribution in [0.2, 0.25) is 0 Å². The van der Waals surface area contributed by atoms with Gasteiger partial charge in [-0.15, -0.1) is 0 Å². The number of hydrogen-bond donors (Lipinski definition) is 4. The molecule has 0 spiro atoms. The Hall–Kier alpha value is -5.15. The first-order valence-electron chi connectivity index (χ1n) is 12.9. The Kier molecular flexibility index (Phi) is 10.1. The molecule has 43 heavy (non-hydrogen) atoms. The number of aldehydes is 1. The van der Waals surface area contributed by atoms with Crippen molar-refractivity contribution in [2.45, 2.75) is 0 Å². The predicted octanol–water partition coefficient (Wildman–Crippen LogP) is 2.26. The Morgan fingerprint density at radius 2 is 1.51 bits per heavy atom. The summed E-state index contributed by atoms with van der Waals surface area (Å²) in [5, 5.41) is 38.1. The van der Waals surface area contributed by atoms with Gasteiger partial charge in [0.05, 0.1) is 30.8 Å². The van der Waals surface area contributed by atoms with Gasteiger partial charge in [-0.1, -0.05) is 0 Å². The third-order valence-electron chi connectivity index (χ3n) is 6.04. The molecule has 228 valence electrons. The van der Waals surface area contributed by atoms with Gasteiger partial charge in [0.1, 0.15) is 49.2 Å². The highest BCUT2D eigenvalue weighted by molar-refractivity contribution is 5.89. The van der Waals surface area contributed by atoms with Crippen molar-refractivity contribution in [2.24, 2.45) is 0 Å². The fourth-order valence-electron chi connectivity index (χ4n) is 4.28. The third kappa shape index (κ3) is 7.78. The molecule has 0 saturated carbocycles. The largest absolute Gasteiger partial charge is 0.488 e. The van der Waals surface area contributed by atoms with E-state index in [-0.39, 0.29) is 79.8 Å². The average Bonchev–Trinajstić information content (AvgIpc) is 3.61. The number of ether oxygens (including phenoxy) is 2. The molecule has 0 aliphatic carbocycles. The molecule has 0 amide bonds. The van der Waals surface area contributed by atoms with Gasteiger partial charge in [0.15, 0.2) is 17.8 Å². The van der Waals surface area contributed by atoms with E-state index in [2.05, 4.69) is 4.98 Å². The maximum absolute atomic E-state index is 14.0. The third-order valence-corrected chi connectivity index (χ3v) is 6.04. The van der Waals surface area contributed by atoms with Gasteiger partial charge in [-0.25, -0.2) is 9.37 Å². The molecule has 4 rings (SSSR count). The van der Waals surface area contributed by atoms with Crippen LogP contribution in [0, 0.1) is 5.82 Å². The molecule has 2 aromatic carbocycles. The zero-order valence-electron chi connectivity index (χ0n) is 22.6. The summed E-state index contributed by atoms with van der Waals surface area (Å²) in [4.78, 5) is 40.5. The van der Waals surface area contributed by atoms with Crippen molar-refractivity contribution in [3.8, 4) is 23.1 Å². The smallest absolute Gasteiger partial charge is 0.323 e. The molecule has 0 atom stereocenters. The highest BCUT2D eigenvalue weighted by Crippen LogP contribution is 2.37. The molecule has 4 N–H and O–H groups in total. The average molecular weight is 602 g/mol. The second kappa shape index (κ2) is 14.2. The van der Waals surface area contributed by atoms with E-state index in [0.717, 1.165) is 12.1 Å². The number of aliphatic hydroxyl groups excluding tert-OH is 2. The lowest BCUT2D eigenvalue weighted by atomic mass is 10.2. The van der Waals surface area contributed by atoms with Gasteiger partial charge in [-0.2, -0.15) is 0 Å². The van der Waals surface area contributed by atoms with Crippen molar-refractivity contribution in [3.05, 3.63) is 54.2 Å². The Morgan fingerprint density at radius 1 is 0.884 bits per heavy atom. The van der Waals surface area contributed by atoms with Gasteiger partial charge in [0.25, 0.3) is 5.89 Å². The van der Waals surface area contributed by atoms with E-state index >= 15 is 0 Å². The van der Waals surface area contributed by atoms with E-state index in [4.69, 9.17) is 18.3 Å². The first kappa shape index (κ1) is 30.8. The summed E-state index contributed by atoms with van der Waals surface area (Å²) in [6, 6.07) is 8.27. The van der Waals surface area contributed by atoms with Crippen LogP contribution >= 0.6 is 0 Å². The number of hydrogen-bond acceptors (Lipinski definition) is 12. The van der Waals surface area contributed by atoms with Crippen molar-refractivity contribution in [2.75, 3.05) is 62.4 Å². The maximum Gasteiger partial charge on any atom is 0.323 e. The van der Waals surface area contributed by atoms with Gasteiger partial charge in [0.2, 0.25) is 0 Å². The van der Waals surface area contributed by atoms with Crippen molar-refractivity contribution >= 4 is 40.6 Å². The predicted molar refractivity (Wildman–Crippen MR) is 148 cm³/mol. The second-order valence-electron chi connectivity index (χ2n) is 9.04. The van der Waals surface area contributed by atoms with Crippen LogP contribution in [0.1, 0.15) is 10.6 Å². The number of carboxylic acids is 2. The number of carbonyl (C=O) groups is 3. The van der Waals surface area contributed by atoms with E-state index in [1.165, 1.54) is 28.1 Å². The summed E-state index contributed by atoms with van der Waals surface area (Å²) in [6.07, 6.45) is 1.73. The minimum Gasteiger partial charge on any atom is -0.488 e. The number of halogens is 1. The Balaban J connectivity index is 1.59. The second-order valence-corrected chi connectivity index (χ2v) is 9.04. The van der Waals surface area contributed by atoms with E-state index < -0.39 is 30.8 Å². The summed E-state index contributed by atoms with van der Waals surface area (Å²) in [7, 11) is 0. The fraction of sp³-hybridized carbons (Fsp3) is 0.286. The number of benzene rings is 2. The standard InChI is InChI=1S/C28H28FN3O11/c29-18-1-2-20(31(3-5-33)14-26(36)37)24(11-18)41-8-7-40-23-9-17-10-25(28-30-13-19(16-35)42-28)43-22(17)12-21(23)32(4-6-34)15-27(38)39/h1-2,9-13,16,33-34H,3-8,14-15H2,(H,36,37)(H,38,39). The van der Waals surface area contributed by atoms with Crippen LogP contribution in [0.25, 0.3) is 22.6 Å². The molecule has 2 heterocycles. The highest BCUT2D eigenvalue weighted by atomic mass is 19.1. The first-order valence-corrected chi connectivity index (χ1v) is 12.9. The van der Waals surface area contributed by atoms with E-state index in [0.29, 0.717) is 17.3 Å². The van der Waals surface area contributed by atoms with Crippen molar-refractivity contribution in [3.63, 3.8) is 0 Å². The van der Waals surface area contributed by atoms with Gasteiger partial charge in [-0.05, 0) is 24.3 Å². The van der Waals surface area contributed by atoms with Crippen LogP contribution in [0.4, 0.5) is 15.8 Å². The van der Waals surface area contributed by atoms with Crippen LogP contribution in [-0.2, 0) is 9.59 Å². The lowest BCUT2D eigenvalue weighted by molar-refractivity contribution is -0.136. The fourth-order valence-corrected chi connectivity index (χ4v) is 4.28. The lowest BCUT2D eigenvalue weighted by Crippen LogP contribution is -2.33. The normalized spacial score (nSPS) is 11.0. The summed E-state index contributed by atoms with van der Waals surface area (Å²) in [6.45, 7) is -1.94. The summed E-state index contributed by atoms with van der Waals surface area (Å²) in [5.41, 5.74) is 0.859. The van der Waals surface area contributed by atoms with Gasteiger partial charge in [-0.3, -0.25) is 14.4 Å². The van der Waals surface area contributed by atoms with Gasteiger partial charge < -0.3 is 48.5 Å². The minimum atomic E-state index is -1.16. The Morgan fingerprint density at radius 3 is 2.09 bits per heavy atom. The molecular formula is C28H28FN3O11. The molecule has 14 nitrogen and oxygen atoms in total. The van der Waals surface area contributed by atoms with Crippen molar-refractivity contribution in [1.82, 2.24) is 4.98 Å². The van der Waals surface area contributed by atoms with Gasteiger partial charge in [0, 0.05) is 30.6 Å². The zero-order chi connectivity index (χ0) is 30.9. The zero-order valence-corrected chi connectivity index (χ0v) is 22.6. The maximum atomic E-state index is 14.0. The molecule has 4 aromatic rings. The summed E-state index contributed by atoms with van der Waals surface area (Å²) < 4.78 is 36.9. The quantitative estimate of drug-likeness (QED) is 0.102. The molecule has 15 heteroatoms. The molecule has 0 radical (unpaired) electrons.